The molecule has 0 unspecified atom stereocenters. The Morgan fingerprint density at radius 2 is 2.18 bits per heavy atom. The first-order valence-corrected chi connectivity index (χ1v) is 9.19. The monoisotopic (exact) mass is 392 g/mol. The van der Waals surface area contributed by atoms with Crippen LogP contribution < -0.4 is 10.6 Å². The number of amides is 2. The average molecular weight is 392 g/mol. The van der Waals surface area contributed by atoms with Crippen molar-refractivity contribution in [2.45, 2.75) is 32.7 Å². The molecule has 0 aromatic heterocycles. The van der Waals surface area contributed by atoms with Gasteiger partial charge in [0.1, 0.15) is 24.2 Å². The number of allylic oxidation sites excluding steroid dienone is 6. The first kappa shape index (κ1) is 23.4. The molecule has 0 fully saturated rings. The molecule has 154 valence electrons. The van der Waals surface area contributed by atoms with Crippen LogP contribution >= 0.6 is 0 Å². The first-order valence-electron chi connectivity index (χ1n) is 9.19. The van der Waals surface area contributed by atoms with Crippen molar-refractivity contribution in [1.82, 2.24) is 10.6 Å². The third-order valence-corrected chi connectivity index (χ3v) is 3.78. The van der Waals surface area contributed by atoms with Gasteiger partial charge in [0.2, 0.25) is 11.8 Å². The van der Waals surface area contributed by atoms with Crippen LogP contribution in [0.25, 0.3) is 0 Å². The molecule has 28 heavy (non-hydrogen) atoms. The average Bonchev–Trinajstić information content (AvgIpc) is 2.87. The molecule has 0 spiro atoms. The highest BCUT2D eigenvalue weighted by molar-refractivity contribution is 5.86. The number of carbonyl (C=O) groups is 2. The van der Waals surface area contributed by atoms with Crippen LogP contribution in [0.1, 0.15) is 26.7 Å². The van der Waals surface area contributed by atoms with Crippen LogP contribution in [0.15, 0.2) is 59.7 Å². The van der Waals surface area contributed by atoms with Crippen LogP contribution in [-0.4, -0.2) is 44.7 Å². The molecular weight excluding hydrogens is 363 g/mol. The number of methoxy groups -OCH3 is 1. The molecule has 0 bridgehead atoms. The van der Waals surface area contributed by atoms with Gasteiger partial charge in [0, 0.05) is 26.2 Å². The van der Waals surface area contributed by atoms with E-state index >= 15 is 0 Å². The summed E-state index contributed by atoms with van der Waals surface area (Å²) in [6, 6.07) is -0.716. The van der Waals surface area contributed by atoms with Crippen molar-refractivity contribution in [1.29, 1.82) is 0 Å². The summed E-state index contributed by atoms with van der Waals surface area (Å²) < 4.78 is 24.4. The standard InChI is InChI=1S/C21H29FN2O4/c1-4-18(28-14-17-10-6-5-7-12-19(17)22)11-8-9-13-23-21(26)20(15-27-3)24-16(2)25/h4-5,7-8,10-12,20H,6,9,13-15H2,1-3H3,(H,23,26)(H,24,25)/b11-8-,18-4+/t20-/m1/s1. The Hall–Kier alpha value is -2.67. The fraction of sp³-hybridized carbons (Fsp3) is 0.429. The molecule has 2 amide bonds. The summed E-state index contributed by atoms with van der Waals surface area (Å²) in [5.41, 5.74) is 0.521. The second-order valence-electron chi connectivity index (χ2n) is 6.08. The maximum absolute atomic E-state index is 13.8. The minimum Gasteiger partial charge on any atom is -0.489 e. The molecule has 0 aromatic carbocycles. The van der Waals surface area contributed by atoms with E-state index in [1.54, 1.807) is 24.3 Å². The number of carbonyl (C=O) groups excluding carboxylic acids is 2. The highest BCUT2D eigenvalue weighted by Crippen LogP contribution is 2.17. The van der Waals surface area contributed by atoms with Gasteiger partial charge in [0.05, 0.1) is 6.61 Å². The second-order valence-corrected chi connectivity index (χ2v) is 6.08. The number of hydrogen-bond acceptors (Lipinski definition) is 4. The highest BCUT2D eigenvalue weighted by Gasteiger charge is 2.18. The minimum atomic E-state index is -0.716. The summed E-state index contributed by atoms with van der Waals surface area (Å²) >= 11 is 0. The fourth-order valence-corrected chi connectivity index (χ4v) is 2.36. The Morgan fingerprint density at radius 3 is 2.86 bits per heavy atom. The fourth-order valence-electron chi connectivity index (χ4n) is 2.36. The van der Waals surface area contributed by atoms with Crippen molar-refractivity contribution >= 4 is 11.8 Å². The summed E-state index contributed by atoms with van der Waals surface area (Å²) in [6.07, 6.45) is 13.5. The van der Waals surface area contributed by atoms with Gasteiger partial charge in [0.15, 0.2) is 0 Å². The summed E-state index contributed by atoms with van der Waals surface area (Å²) in [4.78, 5) is 23.2. The third kappa shape index (κ3) is 9.32. The lowest BCUT2D eigenvalue weighted by Gasteiger charge is -2.16. The Bertz CT molecular complexity index is 678. The first-order chi connectivity index (χ1) is 13.5. The Labute approximate surface area is 165 Å². The summed E-state index contributed by atoms with van der Waals surface area (Å²) in [6.45, 7) is 3.84. The van der Waals surface area contributed by atoms with E-state index in [1.165, 1.54) is 20.1 Å². The molecule has 0 saturated carbocycles. The molecule has 0 aliphatic heterocycles. The van der Waals surface area contributed by atoms with E-state index in [4.69, 9.17) is 9.47 Å². The minimum absolute atomic E-state index is 0.105. The topological polar surface area (TPSA) is 76.7 Å². The van der Waals surface area contributed by atoms with E-state index in [0.29, 0.717) is 30.7 Å². The highest BCUT2D eigenvalue weighted by atomic mass is 19.1. The van der Waals surface area contributed by atoms with Crippen LogP contribution in [-0.2, 0) is 19.1 Å². The quantitative estimate of drug-likeness (QED) is 0.322. The number of nitrogens with one attached hydrogen (secondary N) is 2. The zero-order valence-corrected chi connectivity index (χ0v) is 16.7. The number of ether oxygens (including phenoxy) is 2. The van der Waals surface area contributed by atoms with Gasteiger partial charge in [0.25, 0.3) is 0 Å². The molecule has 0 radical (unpaired) electrons. The SMILES string of the molecule is C/C=C(\C=C/CCNC(=O)[C@@H](COC)NC(C)=O)OCC1=CCC=CC=C1F. The van der Waals surface area contributed by atoms with Crippen molar-refractivity contribution in [2.75, 3.05) is 26.9 Å². The molecule has 1 atom stereocenters. The van der Waals surface area contributed by atoms with E-state index in [1.807, 2.05) is 19.1 Å². The van der Waals surface area contributed by atoms with Crippen molar-refractivity contribution in [2.24, 2.45) is 0 Å². The lowest BCUT2D eigenvalue weighted by Crippen LogP contribution is -2.48. The van der Waals surface area contributed by atoms with Gasteiger partial charge in [-0.05, 0) is 38.0 Å². The largest absolute Gasteiger partial charge is 0.489 e. The molecule has 0 aromatic rings. The summed E-state index contributed by atoms with van der Waals surface area (Å²) in [5, 5.41) is 5.28. The van der Waals surface area contributed by atoms with Gasteiger partial charge in [-0.3, -0.25) is 9.59 Å². The van der Waals surface area contributed by atoms with Crippen molar-refractivity contribution in [3.8, 4) is 0 Å². The number of rotatable bonds is 11. The van der Waals surface area contributed by atoms with E-state index in [9.17, 15) is 14.0 Å². The maximum atomic E-state index is 13.8. The zero-order chi connectivity index (χ0) is 20.8. The van der Waals surface area contributed by atoms with E-state index in [0.717, 1.165) is 0 Å². The smallest absolute Gasteiger partial charge is 0.244 e. The normalized spacial score (nSPS) is 15.5. The molecule has 1 aliphatic rings. The predicted octanol–water partition coefficient (Wildman–Crippen LogP) is 2.86. The predicted molar refractivity (Wildman–Crippen MR) is 107 cm³/mol. The van der Waals surface area contributed by atoms with Crippen LogP contribution in [0.4, 0.5) is 4.39 Å². The van der Waals surface area contributed by atoms with Crippen molar-refractivity contribution < 1.29 is 23.5 Å². The zero-order valence-electron chi connectivity index (χ0n) is 16.7. The van der Waals surface area contributed by atoms with Crippen LogP contribution in [0, 0.1) is 0 Å². The molecule has 2 N–H and O–H groups in total. The molecule has 6 nitrogen and oxygen atoms in total. The second kappa shape index (κ2) is 13.5. The third-order valence-electron chi connectivity index (χ3n) is 3.78. The summed E-state index contributed by atoms with van der Waals surface area (Å²) in [7, 11) is 1.47. The van der Waals surface area contributed by atoms with Gasteiger partial charge < -0.3 is 20.1 Å². The maximum Gasteiger partial charge on any atom is 0.244 e. The molecule has 0 saturated heterocycles. The van der Waals surface area contributed by atoms with Gasteiger partial charge in [-0.2, -0.15) is 0 Å². The van der Waals surface area contributed by atoms with Crippen molar-refractivity contribution in [3.63, 3.8) is 0 Å². The van der Waals surface area contributed by atoms with E-state index in [-0.39, 0.29) is 30.9 Å². The molecule has 7 heteroatoms. The lowest BCUT2D eigenvalue weighted by atomic mass is 10.2. The Morgan fingerprint density at radius 1 is 1.39 bits per heavy atom. The molecular formula is C21H29FN2O4. The molecule has 1 aliphatic carbocycles. The van der Waals surface area contributed by atoms with Crippen LogP contribution in [0.3, 0.4) is 0 Å². The van der Waals surface area contributed by atoms with E-state index < -0.39 is 6.04 Å². The van der Waals surface area contributed by atoms with Gasteiger partial charge in [-0.1, -0.05) is 24.3 Å². The Balaban J connectivity index is 2.39. The molecule has 1 rings (SSSR count). The Kier molecular flexibility index (Phi) is 11.3. The lowest BCUT2D eigenvalue weighted by molar-refractivity contribution is -0.129. The van der Waals surface area contributed by atoms with Crippen LogP contribution in [0.2, 0.25) is 0 Å². The summed E-state index contributed by atoms with van der Waals surface area (Å²) in [5.74, 6) is -0.268. The van der Waals surface area contributed by atoms with Crippen molar-refractivity contribution in [3.05, 3.63) is 59.7 Å². The number of hydrogen-bond donors (Lipinski definition) is 2. The number of halogens is 1. The molecule has 0 heterocycles. The van der Waals surface area contributed by atoms with E-state index in [2.05, 4.69) is 10.6 Å². The van der Waals surface area contributed by atoms with Gasteiger partial charge >= 0.3 is 0 Å². The van der Waals surface area contributed by atoms with Crippen LogP contribution in [0.5, 0.6) is 0 Å². The van der Waals surface area contributed by atoms with Gasteiger partial charge in [-0.25, -0.2) is 4.39 Å². The van der Waals surface area contributed by atoms with Gasteiger partial charge in [-0.15, -0.1) is 0 Å².